The van der Waals surface area contributed by atoms with Crippen molar-refractivity contribution in [1.29, 1.82) is 0 Å². The van der Waals surface area contributed by atoms with Gasteiger partial charge in [-0.1, -0.05) is 36.7 Å². The summed E-state index contributed by atoms with van der Waals surface area (Å²) in [5.41, 5.74) is 0.0754. The molecule has 0 N–H and O–H groups in total. The van der Waals surface area contributed by atoms with Crippen LogP contribution in [0.1, 0.15) is 48.0 Å². The quantitative estimate of drug-likeness (QED) is 0.562. The second-order valence-corrected chi connectivity index (χ2v) is 7.31. The molecule has 0 heterocycles. The third kappa shape index (κ3) is 6.77. The molecule has 0 amide bonds. The molecule has 0 aromatic rings. The minimum absolute atomic E-state index is 0.136. The molecule has 84 valence electrons. The van der Waals surface area contributed by atoms with E-state index in [4.69, 9.17) is 17.0 Å². The normalized spacial score (nSPS) is 15.1. The average Bonchev–Trinajstić information content (AvgIpc) is 1.78. The maximum Gasteiger partial charge on any atom is 0.173 e. The van der Waals surface area contributed by atoms with Crippen molar-refractivity contribution >= 4 is 33.2 Å². The Balaban J connectivity index is 4.28. The highest BCUT2D eigenvalue weighted by molar-refractivity contribution is 9.10. The largest absolute Gasteiger partial charge is 0.480 e. The summed E-state index contributed by atoms with van der Waals surface area (Å²) in [5, 5.41) is 0.638. The van der Waals surface area contributed by atoms with Gasteiger partial charge in [0.05, 0.1) is 4.83 Å². The first-order valence-electron chi connectivity index (χ1n) is 4.90. The summed E-state index contributed by atoms with van der Waals surface area (Å²) >= 11 is 8.55. The van der Waals surface area contributed by atoms with Gasteiger partial charge in [-0.3, -0.25) is 0 Å². The number of thiocarbonyl (C=S) groups is 1. The van der Waals surface area contributed by atoms with Crippen LogP contribution in [0.4, 0.5) is 0 Å². The first kappa shape index (κ1) is 14.4. The van der Waals surface area contributed by atoms with Gasteiger partial charge in [0.15, 0.2) is 5.05 Å². The lowest BCUT2D eigenvalue weighted by molar-refractivity contribution is 0.0520. The van der Waals surface area contributed by atoms with E-state index in [2.05, 4.69) is 50.5 Å². The van der Waals surface area contributed by atoms with E-state index in [1.807, 2.05) is 6.92 Å². The van der Waals surface area contributed by atoms with Crippen LogP contribution in [0, 0.1) is 5.41 Å². The number of halogens is 1. The topological polar surface area (TPSA) is 9.23 Å². The van der Waals surface area contributed by atoms with Crippen molar-refractivity contribution in [1.82, 2.24) is 0 Å². The molecule has 0 aromatic carbocycles. The van der Waals surface area contributed by atoms with Crippen LogP contribution in [0.5, 0.6) is 0 Å². The fourth-order valence-electron chi connectivity index (χ4n) is 1.67. The lowest BCUT2D eigenvalue weighted by Gasteiger charge is -2.33. The molecule has 1 atom stereocenters. The molecule has 0 bridgehead atoms. The van der Waals surface area contributed by atoms with Crippen LogP contribution in [0.15, 0.2) is 0 Å². The van der Waals surface area contributed by atoms with Crippen molar-refractivity contribution in [2.75, 3.05) is 0 Å². The van der Waals surface area contributed by atoms with E-state index in [0.717, 1.165) is 6.42 Å². The molecule has 1 nitrogen and oxygen atoms in total. The second kappa shape index (κ2) is 4.93. The molecule has 0 aliphatic rings. The molecule has 3 heteroatoms. The minimum atomic E-state index is -0.183. The third-order valence-electron chi connectivity index (χ3n) is 1.66. The molecule has 0 saturated carbocycles. The fourth-order valence-corrected chi connectivity index (χ4v) is 1.99. The second-order valence-electron chi connectivity index (χ2n) is 5.53. The standard InChI is InChI=1S/C11H21BrOS/c1-8(12)9(14)13-11(5,6)7-10(2,3)4/h8H,7H2,1-6H3. The van der Waals surface area contributed by atoms with E-state index in [1.54, 1.807) is 0 Å². The van der Waals surface area contributed by atoms with Gasteiger partial charge in [-0.25, -0.2) is 0 Å². The number of rotatable bonds is 3. The summed E-state index contributed by atoms with van der Waals surface area (Å²) in [7, 11) is 0. The lowest BCUT2D eigenvalue weighted by atomic mass is 9.84. The van der Waals surface area contributed by atoms with Crippen LogP contribution in [-0.2, 0) is 4.74 Å². The Morgan fingerprint density at radius 1 is 1.29 bits per heavy atom. The van der Waals surface area contributed by atoms with E-state index in [9.17, 15) is 0 Å². The first-order chi connectivity index (χ1) is 6.03. The summed E-state index contributed by atoms with van der Waals surface area (Å²) in [4.78, 5) is 0.136. The molecule has 0 aliphatic heterocycles. The van der Waals surface area contributed by atoms with Crippen molar-refractivity contribution in [2.24, 2.45) is 5.41 Å². The molecule has 1 unspecified atom stereocenters. The van der Waals surface area contributed by atoms with Gasteiger partial charge < -0.3 is 4.74 Å². The third-order valence-corrected chi connectivity index (χ3v) is 2.81. The van der Waals surface area contributed by atoms with Gasteiger partial charge in [-0.2, -0.15) is 0 Å². The summed E-state index contributed by atoms with van der Waals surface area (Å²) < 4.78 is 5.76. The number of hydrogen-bond donors (Lipinski definition) is 0. The van der Waals surface area contributed by atoms with E-state index in [-0.39, 0.29) is 15.8 Å². The Bertz CT molecular complexity index is 204. The molecule has 0 fully saturated rings. The Morgan fingerprint density at radius 3 is 2.00 bits per heavy atom. The molecule has 0 radical (unpaired) electrons. The molecular formula is C11H21BrOS. The van der Waals surface area contributed by atoms with Crippen LogP contribution >= 0.6 is 28.1 Å². The van der Waals surface area contributed by atoms with Gasteiger partial charge >= 0.3 is 0 Å². The van der Waals surface area contributed by atoms with Crippen molar-refractivity contribution < 1.29 is 4.74 Å². The predicted octanol–water partition coefficient (Wildman–Crippen LogP) is 4.33. The van der Waals surface area contributed by atoms with E-state index in [0.29, 0.717) is 5.05 Å². The van der Waals surface area contributed by atoms with E-state index < -0.39 is 0 Å². The fraction of sp³-hybridized carbons (Fsp3) is 0.909. The van der Waals surface area contributed by atoms with Gasteiger partial charge in [0.2, 0.25) is 0 Å². The molecule has 0 aromatic heterocycles. The van der Waals surface area contributed by atoms with Crippen LogP contribution < -0.4 is 0 Å². The van der Waals surface area contributed by atoms with Crippen LogP contribution in [0.3, 0.4) is 0 Å². The van der Waals surface area contributed by atoms with Crippen molar-refractivity contribution in [3.05, 3.63) is 0 Å². The van der Waals surface area contributed by atoms with Crippen LogP contribution in [0.2, 0.25) is 0 Å². The Kier molecular flexibility index (Phi) is 5.06. The van der Waals surface area contributed by atoms with Crippen LogP contribution in [-0.4, -0.2) is 15.5 Å². The minimum Gasteiger partial charge on any atom is -0.480 e. The molecule has 0 spiro atoms. The number of ether oxygens (including phenoxy) is 1. The summed E-state index contributed by atoms with van der Waals surface area (Å²) in [6.45, 7) is 12.8. The highest BCUT2D eigenvalue weighted by Crippen LogP contribution is 2.30. The SMILES string of the molecule is CC(Br)C(=S)OC(C)(C)CC(C)(C)C. The molecule has 14 heavy (non-hydrogen) atoms. The molecule has 0 rings (SSSR count). The number of alkyl halides is 1. The maximum absolute atomic E-state index is 5.76. The van der Waals surface area contributed by atoms with Crippen LogP contribution in [0.25, 0.3) is 0 Å². The molecule has 0 aliphatic carbocycles. The van der Waals surface area contributed by atoms with E-state index >= 15 is 0 Å². The number of hydrogen-bond acceptors (Lipinski definition) is 2. The zero-order valence-electron chi connectivity index (χ0n) is 9.98. The highest BCUT2D eigenvalue weighted by Gasteiger charge is 2.28. The Morgan fingerprint density at radius 2 is 1.71 bits per heavy atom. The van der Waals surface area contributed by atoms with Crippen molar-refractivity contribution in [3.8, 4) is 0 Å². The van der Waals surface area contributed by atoms with Crippen molar-refractivity contribution in [2.45, 2.75) is 58.4 Å². The predicted molar refractivity (Wildman–Crippen MR) is 70.2 cm³/mol. The first-order valence-corrected chi connectivity index (χ1v) is 6.23. The van der Waals surface area contributed by atoms with Crippen molar-refractivity contribution in [3.63, 3.8) is 0 Å². The molecular weight excluding hydrogens is 260 g/mol. The highest BCUT2D eigenvalue weighted by atomic mass is 79.9. The summed E-state index contributed by atoms with van der Waals surface area (Å²) in [6, 6.07) is 0. The van der Waals surface area contributed by atoms with E-state index in [1.165, 1.54) is 0 Å². The van der Waals surface area contributed by atoms with Gasteiger partial charge in [0.1, 0.15) is 5.60 Å². The zero-order chi connectivity index (χ0) is 11.6. The van der Waals surface area contributed by atoms with Gasteiger partial charge in [0.25, 0.3) is 0 Å². The van der Waals surface area contributed by atoms with Gasteiger partial charge in [-0.15, -0.1) is 0 Å². The maximum atomic E-state index is 5.76. The summed E-state index contributed by atoms with van der Waals surface area (Å²) in [6.07, 6.45) is 0.986. The Hall–Kier alpha value is 0.370. The average molecular weight is 281 g/mol. The monoisotopic (exact) mass is 280 g/mol. The lowest BCUT2D eigenvalue weighted by Crippen LogP contribution is -2.34. The van der Waals surface area contributed by atoms with Gasteiger partial charge in [0, 0.05) is 0 Å². The molecule has 0 saturated heterocycles. The smallest absolute Gasteiger partial charge is 0.173 e. The summed E-state index contributed by atoms with van der Waals surface area (Å²) in [5.74, 6) is 0. The van der Waals surface area contributed by atoms with Gasteiger partial charge in [-0.05, 0) is 44.8 Å². The Labute approximate surface area is 102 Å². The zero-order valence-corrected chi connectivity index (χ0v) is 12.4.